The molecule has 1 aromatic rings. The van der Waals surface area contributed by atoms with Gasteiger partial charge in [-0.3, -0.25) is 19.3 Å². The van der Waals surface area contributed by atoms with Gasteiger partial charge in [-0.25, -0.2) is 4.79 Å². The second-order valence-electron chi connectivity index (χ2n) is 6.38. The van der Waals surface area contributed by atoms with Crippen LogP contribution in [-0.4, -0.2) is 42.0 Å². The summed E-state index contributed by atoms with van der Waals surface area (Å²) in [4.78, 5) is 49.1. The van der Waals surface area contributed by atoms with Crippen molar-refractivity contribution in [2.45, 2.75) is 38.8 Å². The fourth-order valence-corrected chi connectivity index (χ4v) is 2.62. The molecule has 0 spiro atoms. The summed E-state index contributed by atoms with van der Waals surface area (Å²) in [5, 5.41) is 5.02. The van der Waals surface area contributed by atoms with Gasteiger partial charge in [0.25, 0.3) is 5.91 Å². The summed E-state index contributed by atoms with van der Waals surface area (Å²) in [5.74, 6) is -1.52. The second-order valence-corrected chi connectivity index (χ2v) is 6.38. The van der Waals surface area contributed by atoms with E-state index >= 15 is 0 Å². The lowest BCUT2D eigenvalue weighted by molar-refractivity contribution is -0.154. The number of urea groups is 1. The van der Waals surface area contributed by atoms with Gasteiger partial charge in [0.2, 0.25) is 5.91 Å². The van der Waals surface area contributed by atoms with E-state index in [-0.39, 0.29) is 18.9 Å². The van der Waals surface area contributed by atoms with Crippen molar-refractivity contribution in [1.82, 2.24) is 5.32 Å². The third kappa shape index (κ3) is 3.93. The molecule has 0 aliphatic carbocycles. The fourth-order valence-electron chi connectivity index (χ4n) is 2.62. The van der Waals surface area contributed by atoms with Crippen LogP contribution in [0, 0.1) is 0 Å². The Hall–Kier alpha value is -3.10. The van der Waals surface area contributed by atoms with Gasteiger partial charge in [0.05, 0.1) is 17.8 Å². The highest BCUT2D eigenvalue weighted by Gasteiger charge is 2.45. The first kappa shape index (κ1) is 19.2. The number of primary amides is 1. The van der Waals surface area contributed by atoms with E-state index in [1.165, 1.54) is 11.8 Å². The van der Waals surface area contributed by atoms with Gasteiger partial charge in [-0.15, -0.1) is 0 Å². The monoisotopic (exact) mass is 362 g/mol. The number of carbonyl (C=O) groups is 4. The molecule has 1 aromatic carbocycles. The highest BCUT2D eigenvalue weighted by Crippen LogP contribution is 2.37. The van der Waals surface area contributed by atoms with E-state index in [1.807, 2.05) is 0 Å². The number of rotatable bonds is 5. The molecule has 26 heavy (non-hydrogen) atoms. The minimum Gasteiger partial charge on any atom is -0.452 e. The number of carbonyl (C=O) groups excluding carboxylic acids is 4. The van der Waals surface area contributed by atoms with Crippen molar-refractivity contribution in [1.29, 1.82) is 0 Å². The molecule has 0 bridgehead atoms. The molecule has 1 aliphatic rings. The van der Waals surface area contributed by atoms with Gasteiger partial charge >= 0.3 is 12.0 Å². The van der Waals surface area contributed by atoms with Crippen molar-refractivity contribution in [2.24, 2.45) is 5.73 Å². The SMILES string of the molecule is C[C@@H](OC(=O)CCNC(N)=O)C(=O)N1c2ccccc2NC(=O)C1(C)C. The Kier molecular flexibility index (Phi) is 5.49. The van der Waals surface area contributed by atoms with Crippen LogP contribution in [0.3, 0.4) is 0 Å². The highest BCUT2D eigenvalue weighted by atomic mass is 16.5. The van der Waals surface area contributed by atoms with E-state index in [4.69, 9.17) is 10.5 Å². The molecule has 0 radical (unpaired) electrons. The highest BCUT2D eigenvalue weighted by molar-refractivity contribution is 6.15. The average molecular weight is 362 g/mol. The van der Waals surface area contributed by atoms with Gasteiger partial charge in [0.1, 0.15) is 5.54 Å². The normalized spacial score (nSPS) is 16.1. The number of nitrogens with one attached hydrogen (secondary N) is 2. The van der Waals surface area contributed by atoms with Crippen LogP contribution in [0.5, 0.6) is 0 Å². The number of amides is 4. The first-order chi connectivity index (χ1) is 12.1. The standard InChI is InChI=1S/C17H22N4O5/c1-10(26-13(22)8-9-19-16(18)25)14(23)21-12-7-5-4-6-11(12)20-15(24)17(21,2)3/h4-7,10H,8-9H2,1-3H3,(H,20,24)(H3,18,19,25)/t10-/m1/s1. The van der Waals surface area contributed by atoms with E-state index < -0.39 is 29.6 Å². The molecule has 4 amide bonds. The first-order valence-corrected chi connectivity index (χ1v) is 8.12. The van der Waals surface area contributed by atoms with Crippen LogP contribution in [0.15, 0.2) is 24.3 Å². The van der Waals surface area contributed by atoms with Crippen LogP contribution in [0.1, 0.15) is 27.2 Å². The minimum atomic E-state index is -1.15. The van der Waals surface area contributed by atoms with Gasteiger partial charge in [-0.1, -0.05) is 12.1 Å². The number of nitrogens with zero attached hydrogens (tertiary/aromatic N) is 1. The maximum absolute atomic E-state index is 12.9. The maximum atomic E-state index is 12.9. The van der Waals surface area contributed by atoms with Crippen LogP contribution in [0.25, 0.3) is 0 Å². The van der Waals surface area contributed by atoms with Crippen molar-refractivity contribution in [3.05, 3.63) is 24.3 Å². The number of ether oxygens (including phenoxy) is 1. The Morgan fingerprint density at radius 2 is 1.96 bits per heavy atom. The van der Waals surface area contributed by atoms with Gasteiger partial charge in [-0.05, 0) is 32.9 Å². The summed E-state index contributed by atoms with van der Waals surface area (Å²) < 4.78 is 5.14. The zero-order valence-corrected chi connectivity index (χ0v) is 14.9. The molecule has 0 fully saturated rings. The molecule has 4 N–H and O–H groups in total. The maximum Gasteiger partial charge on any atom is 0.312 e. The van der Waals surface area contributed by atoms with Crippen LogP contribution >= 0.6 is 0 Å². The zero-order chi connectivity index (χ0) is 19.5. The number of para-hydroxylation sites is 2. The average Bonchev–Trinajstić information content (AvgIpc) is 2.55. The zero-order valence-electron chi connectivity index (χ0n) is 14.9. The van der Waals surface area contributed by atoms with Crippen molar-refractivity contribution >= 4 is 35.2 Å². The van der Waals surface area contributed by atoms with E-state index in [0.29, 0.717) is 11.4 Å². The lowest BCUT2D eigenvalue weighted by Crippen LogP contribution is -2.60. The molecule has 9 heteroatoms. The number of hydrogen-bond acceptors (Lipinski definition) is 5. The number of nitrogens with two attached hydrogens (primary N) is 1. The van der Waals surface area contributed by atoms with Gasteiger partial charge in [-0.2, -0.15) is 0 Å². The Morgan fingerprint density at radius 3 is 2.62 bits per heavy atom. The molecule has 0 saturated heterocycles. The van der Waals surface area contributed by atoms with Gasteiger partial charge in [0.15, 0.2) is 6.10 Å². The Balaban J connectivity index is 2.15. The molecular formula is C17H22N4O5. The molecule has 0 aromatic heterocycles. The van der Waals surface area contributed by atoms with Crippen molar-refractivity contribution in [2.75, 3.05) is 16.8 Å². The molecule has 0 unspecified atom stereocenters. The molecule has 1 atom stereocenters. The Bertz CT molecular complexity index is 746. The molecular weight excluding hydrogens is 340 g/mol. The predicted molar refractivity (Wildman–Crippen MR) is 94.4 cm³/mol. The summed E-state index contributed by atoms with van der Waals surface area (Å²) in [6.45, 7) is 4.67. The van der Waals surface area contributed by atoms with Crippen LogP contribution in [0.2, 0.25) is 0 Å². The van der Waals surface area contributed by atoms with Gasteiger partial charge in [0, 0.05) is 6.54 Å². The molecule has 0 saturated carbocycles. The molecule has 2 rings (SSSR count). The first-order valence-electron chi connectivity index (χ1n) is 8.12. The van der Waals surface area contributed by atoms with Crippen LogP contribution in [0.4, 0.5) is 16.2 Å². The van der Waals surface area contributed by atoms with E-state index in [1.54, 1.807) is 38.1 Å². The summed E-state index contributed by atoms with van der Waals surface area (Å²) in [5.41, 5.74) is 4.80. The van der Waals surface area contributed by atoms with Crippen molar-refractivity contribution in [3.8, 4) is 0 Å². The third-order valence-corrected chi connectivity index (χ3v) is 4.01. The smallest absolute Gasteiger partial charge is 0.312 e. The van der Waals surface area contributed by atoms with Crippen molar-refractivity contribution < 1.29 is 23.9 Å². The number of anilines is 2. The molecule has 9 nitrogen and oxygen atoms in total. The van der Waals surface area contributed by atoms with Gasteiger partial charge < -0.3 is 21.1 Å². The summed E-state index contributed by atoms with van der Waals surface area (Å²) >= 11 is 0. The Morgan fingerprint density at radius 1 is 1.31 bits per heavy atom. The summed E-state index contributed by atoms with van der Waals surface area (Å²) in [6, 6.07) is 6.14. The Labute approximate surface area is 150 Å². The summed E-state index contributed by atoms with van der Waals surface area (Å²) in [6.07, 6.45) is -1.23. The lowest BCUT2D eigenvalue weighted by atomic mass is 9.95. The fraction of sp³-hybridized carbons (Fsp3) is 0.412. The number of benzene rings is 1. The molecule has 1 heterocycles. The molecule has 1 aliphatic heterocycles. The second kappa shape index (κ2) is 7.42. The van der Waals surface area contributed by atoms with E-state index in [0.717, 1.165) is 0 Å². The quantitative estimate of drug-likeness (QED) is 0.665. The van der Waals surface area contributed by atoms with Crippen molar-refractivity contribution in [3.63, 3.8) is 0 Å². The predicted octanol–water partition coefficient (Wildman–Crippen LogP) is 0.740. The molecule has 140 valence electrons. The summed E-state index contributed by atoms with van der Waals surface area (Å²) in [7, 11) is 0. The number of hydrogen-bond donors (Lipinski definition) is 3. The van der Waals surface area contributed by atoms with E-state index in [2.05, 4.69) is 10.6 Å². The van der Waals surface area contributed by atoms with Crippen LogP contribution < -0.4 is 21.3 Å². The topological polar surface area (TPSA) is 131 Å². The van der Waals surface area contributed by atoms with E-state index in [9.17, 15) is 19.2 Å². The number of esters is 1. The third-order valence-electron chi connectivity index (χ3n) is 4.01. The minimum absolute atomic E-state index is 0.00945. The van der Waals surface area contributed by atoms with Crippen LogP contribution in [-0.2, 0) is 19.1 Å². The lowest BCUT2D eigenvalue weighted by Gasteiger charge is -2.42. The largest absolute Gasteiger partial charge is 0.452 e. The number of fused-ring (bicyclic) bond motifs is 1.